The predicted octanol–water partition coefficient (Wildman–Crippen LogP) is 5.03. The van der Waals surface area contributed by atoms with Crippen LogP contribution < -0.4 is 5.32 Å². The highest BCUT2D eigenvalue weighted by atomic mass is 35.5. The van der Waals surface area contributed by atoms with Crippen molar-refractivity contribution in [3.8, 4) is 11.8 Å². The number of carbonyl (C=O) groups excluding carboxylic acids is 2. The minimum absolute atomic E-state index is 0.0297. The molecule has 3 heterocycles. The summed E-state index contributed by atoms with van der Waals surface area (Å²) in [5.41, 5.74) is 4.69. The Morgan fingerprint density at radius 3 is 2.50 bits per heavy atom. The number of aryl methyl sites for hydroxylation is 1. The Morgan fingerprint density at radius 1 is 1.05 bits per heavy atom. The van der Waals surface area contributed by atoms with Crippen LogP contribution >= 0.6 is 11.6 Å². The summed E-state index contributed by atoms with van der Waals surface area (Å²) in [5.74, 6) is -0.436. The lowest BCUT2D eigenvalue weighted by atomic mass is 10.0. The van der Waals surface area contributed by atoms with Crippen molar-refractivity contribution in [3.63, 3.8) is 0 Å². The first kappa shape index (κ1) is 25.6. The SMILES string of the molecule is Cc1ccc(C(=O)c2nn(-c3ccc(Cl)cc3)c(CN3CC(NC(=O)c4ccc5cc[nH]c5c4)C3)c2C#N)cc1. The molecule has 1 amide bonds. The fourth-order valence-electron chi connectivity index (χ4n) is 4.97. The van der Waals surface area contributed by atoms with Crippen LogP contribution in [0.2, 0.25) is 5.02 Å². The molecule has 8 nitrogen and oxygen atoms in total. The third kappa shape index (κ3) is 4.89. The van der Waals surface area contributed by atoms with Gasteiger partial charge in [0.1, 0.15) is 11.6 Å². The lowest BCUT2D eigenvalue weighted by Gasteiger charge is -2.39. The second kappa shape index (κ2) is 10.5. The summed E-state index contributed by atoms with van der Waals surface area (Å²) in [5, 5.41) is 19.5. The third-order valence-corrected chi connectivity index (χ3v) is 7.43. The maximum atomic E-state index is 13.4. The highest BCUT2D eigenvalue weighted by Crippen LogP contribution is 2.25. The fourth-order valence-corrected chi connectivity index (χ4v) is 5.10. The molecule has 3 aromatic carbocycles. The number of amides is 1. The quantitative estimate of drug-likeness (QED) is 0.277. The molecule has 40 heavy (non-hydrogen) atoms. The zero-order chi connectivity index (χ0) is 27.8. The molecule has 9 heteroatoms. The lowest BCUT2D eigenvalue weighted by molar-refractivity contribution is 0.0789. The number of aromatic nitrogens is 3. The van der Waals surface area contributed by atoms with Gasteiger partial charge in [0.15, 0.2) is 5.69 Å². The minimum Gasteiger partial charge on any atom is -0.361 e. The van der Waals surface area contributed by atoms with E-state index in [4.69, 9.17) is 11.6 Å². The summed E-state index contributed by atoms with van der Waals surface area (Å²) in [6.07, 6.45) is 1.85. The van der Waals surface area contributed by atoms with Gasteiger partial charge in [-0.1, -0.05) is 47.5 Å². The van der Waals surface area contributed by atoms with Gasteiger partial charge >= 0.3 is 0 Å². The molecule has 2 aromatic heterocycles. The van der Waals surface area contributed by atoms with Crippen molar-refractivity contribution >= 4 is 34.2 Å². The molecule has 1 aliphatic rings. The molecule has 5 aromatic rings. The number of rotatable bonds is 7. The minimum atomic E-state index is -0.307. The van der Waals surface area contributed by atoms with Crippen LogP contribution in [-0.2, 0) is 6.54 Å². The average molecular weight is 549 g/mol. The summed E-state index contributed by atoms with van der Waals surface area (Å²) in [6, 6.07) is 24.1. The summed E-state index contributed by atoms with van der Waals surface area (Å²) >= 11 is 6.11. The monoisotopic (exact) mass is 548 g/mol. The van der Waals surface area contributed by atoms with Gasteiger partial charge in [-0.15, -0.1) is 0 Å². The van der Waals surface area contributed by atoms with E-state index in [1.165, 1.54) is 0 Å². The molecule has 0 radical (unpaired) electrons. The first-order valence-corrected chi connectivity index (χ1v) is 13.3. The topological polar surface area (TPSA) is 107 Å². The first-order valence-electron chi connectivity index (χ1n) is 12.9. The van der Waals surface area contributed by atoms with Gasteiger partial charge in [0.25, 0.3) is 5.91 Å². The van der Waals surface area contributed by atoms with Crippen molar-refractivity contribution in [1.29, 1.82) is 5.26 Å². The number of ketones is 1. The highest BCUT2D eigenvalue weighted by Gasteiger charge is 2.32. The zero-order valence-corrected chi connectivity index (χ0v) is 22.4. The number of carbonyl (C=O) groups is 2. The molecule has 1 aliphatic heterocycles. The smallest absolute Gasteiger partial charge is 0.251 e. The molecule has 0 bridgehead atoms. The van der Waals surface area contributed by atoms with Crippen LogP contribution in [0.15, 0.2) is 79.0 Å². The van der Waals surface area contributed by atoms with Crippen molar-refractivity contribution < 1.29 is 9.59 Å². The molecule has 2 N–H and O–H groups in total. The number of nitrogens with zero attached hydrogens (tertiary/aromatic N) is 4. The first-order chi connectivity index (χ1) is 19.4. The Balaban J connectivity index is 1.23. The molecule has 0 aliphatic carbocycles. The Labute approximate surface area is 235 Å². The van der Waals surface area contributed by atoms with Gasteiger partial charge in [0, 0.05) is 47.5 Å². The fraction of sp³-hybridized carbons (Fsp3) is 0.161. The molecule has 0 unspecified atom stereocenters. The van der Waals surface area contributed by atoms with Crippen molar-refractivity contribution in [2.75, 3.05) is 13.1 Å². The summed E-state index contributed by atoms with van der Waals surface area (Å²) in [4.78, 5) is 31.5. The van der Waals surface area contributed by atoms with Crippen LogP contribution in [0.3, 0.4) is 0 Å². The van der Waals surface area contributed by atoms with E-state index < -0.39 is 0 Å². The summed E-state index contributed by atoms with van der Waals surface area (Å²) in [7, 11) is 0. The van der Waals surface area contributed by atoms with Crippen LogP contribution in [0, 0.1) is 18.3 Å². The van der Waals surface area contributed by atoms with E-state index in [0.717, 1.165) is 16.5 Å². The number of likely N-dealkylation sites (tertiary alicyclic amines) is 1. The highest BCUT2D eigenvalue weighted by molar-refractivity contribution is 6.30. The van der Waals surface area contributed by atoms with E-state index in [2.05, 4.69) is 26.4 Å². The van der Waals surface area contributed by atoms with Gasteiger partial charge in [-0.25, -0.2) is 4.68 Å². The van der Waals surface area contributed by atoms with Crippen molar-refractivity contribution in [2.24, 2.45) is 0 Å². The maximum absolute atomic E-state index is 13.4. The number of fused-ring (bicyclic) bond motifs is 1. The largest absolute Gasteiger partial charge is 0.361 e. The molecular weight excluding hydrogens is 524 g/mol. The number of aromatic amines is 1. The number of halogens is 1. The van der Waals surface area contributed by atoms with Crippen molar-refractivity contribution in [2.45, 2.75) is 19.5 Å². The van der Waals surface area contributed by atoms with E-state index >= 15 is 0 Å². The number of nitriles is 1. The van der Waals surface area contributed by atoms with E-state index in [0.29, 0.717) is 47.2 Å². The number of nitrogens with one attached hydrogen (secondary N) is 2. The Morgan fingerprint density at radius 2 is 1.77 bits per heavy atom. The second-order valence-corrected chi connectivity index (χ2v) is 10.4. The Bertz CT molecular complexity index is 1770. The number of hydrogen-bond donors (Lipinski definition) is 2. The van der Waals surface area contributed by atoms with E-state index in [9.17, 15) is 14.9 Å². The molecule has 198 valence electrons. The van der Waals surface area contributed by atoms with Gasteiger partial charge < -0.3 is 10.3 Å². The molecule has 0 atom stereocenters. The predicted molar refractivity (Wildman–Crippen MR) is 153 cm³/mol. The molecule has 1 saturated heterocycles. The summed E-state index contributed by atoms with van der Waals surface area (Å²) in [6.45, 7) is 3.55. The van der Waals surface area contributed by atoms with Crippen LogP contribution in [0.25, 0.3) is 16.6 Å². The van der Waals surface area contributed by atoms with Crippen LogP contribution in [0.1, 0.15) is 43.2 Å². The zero-order valence-electron chi connectivity index (χ0n) is 21.7. The summed E-state index contributed by atoms with van der Waals surface area (Å²) < 4.78 is 1.65. The van der Waals surface area contributed by atoms with Crippen molar-refractivity contribution in [3.05, 3.63) is 118 Å². The molecule has 0 saturated carbocycles. The second-order valence-electron chi connectivity index (χ2n) is 10.0. The standard InChI is InChI=1S/C31H25ClN6O2/c1-19-2-4-21(5-3-19)30(39)29-26(15-33)28(38(36-29)25-10-8-23(32)9-11-25)18-37-16-24(17-37)35-31(40)22-7-6-20-12-13-34-27(20)14-22/h2-14,24,34H,16-18H2,1H3,(H,35,40). The molecular formula is C31H25ClN6O2. The van der Waals surface area contributed by atoms with Gasteiger partial charge in [-0.05, 0) is 54.8 Å². The lowest BCUT2D eigenvalue weighted by Crippen LogP contribution is -2.58. The van der Waals surface area contributed by atoms with E-state index in [1.807, 2.05) is 49.5 Å². The normalized spacial score (nSPS) is 13.6. The van der Waals surface area contributed by atoms with Crippen LogP contribution in [0.4, 0.5) is 0 Å². The van der Waals surface area contributed by atoms with Gasteiger partial charge in [0.2, 0.25) is 5.78 Å². The molecule has 6 rings (SSSR count). The Hall–Kier alpha value is -4.71. The van der Waals surface area contributed by atoms with Gasteiger partial charge in [-0.3, -0.25) is 14.5 Å². The molecule has 0 spiro atoms. The number of H-pyrrole nitrogens is 1. The number of benzene rings is 3. The van der Waals surface area contributed by atoms with Crippen molar-refractivity contribution in [1.82, 2.24) is 25.0 Å². The number of hydrogen-bond acceptors (Lipinski definition) is 5. The van der Waals surface area contributed by atoms with Crippen LogP contribution in [0.5, 0.6) is 0 Å². The Kier molecular flexibility index (Phi) is 6.68. The maximum Gasteiger partial charge on any atom is 0.251 e. The van der Waals surface area contributed by atoms with E-state index in [1.54, 1.807) is 41.1 Å². The molecule has 1 fully saturated rings. The van der Waals surface area contributed by atoms with Crippen LogP contribution in [-0.4, -0.2) is 50.5 Å². The van der Waals surface area contributed by atoms with Gasteiger partial charge in [0.05, 0.1) is 17.4 Å². The third-order valence-electron chi connectivity index (χ3n) is 7.18. The van der Waals surface area contributed by atoms with E-state index in [-0.39, 0.29) is 29.0 Å². The van der Waals surface area contributed by atoms with Gasteiger partial charge in [-0.2, -0.15) is 10.4 Å². The average Bonchev–Trinajstić information content (AvgIpc) is 3.56.